The lowest BCUT2D eigenvalue weighted by Gasteiger charge is -2.23. The standard InChI is InChI=1S/C10H13N2O3.ClH/c13-10(11-6-8-14-9-7-11)15-12-4-2-1-3-5-12;/h1-5H,6-9H2;1H/q+1;/p-1. The first kappa shape index (κ1) is 12.7. The van der Waals surface area contributed by atoms with Gasteiger partial charge in [0.15, 0.2) is 0 Å². The molecule has 0 aromatic carbocycles. The second-order valence-corrected chi connectivity index (χ2v) is 3.19. The minimum Gasteiger partial charge on any atom is -1.00 e. The number of aromatic nitrogens is 1. The average molecular weight is 245 g/mol. The summed E-state index contributed by atoms with van der Waals surface area (Å²) in [4.78, 5) is 18.3. The molecule has 0 N–H and O–H groups in total. The fourth-order valence-electron chi connectivity index (χ4n) is 1.34. The summed E-state index contributed by atoms with van der Waals surface area (Å²) in [6.07, 6.45) is 3.02. The summed E-state index contributed by atoms with van der Waals surface area (Å²) in [6.45, 7) is 2.33. The number of ether oxygens (including phenoxy) is 1. The molecule has 5 nitrogen and oxygen atoms in total. The number of rotatable bonds is 1. The van der Waals surface area contributed by atoms with Crippen LogP contribution in [0.25, 0.3) is 0 Å². The number of morpholine rings is 1. The zero-order valence-corrected chi connectivity index (χ0v) is 9.47. The van der Waals surface area contributed by atoms with Crippen LogP contribution in [0.1, 0.15) is 0 Å². The van der Waals surface area contributed by atoms with Gasteiger partial charge in [0.25, 0.3) is 0 Å². The van der Waals surface area contributed by atoms with Crippen LogP contribution in [0.3, 0.4) is 0 Å². The van der Waals surface area contributed by atoms with Crippen LogP contribution < -0.4 is 22.0 Å². The summed E-state index contributed by atoms with van der Waals surface area (Å²) < 4.78 is 6.53. The lowest BCUT2D eigenvalue weighted by atomic mass is 10.5. The smallest absolute Gasteiger partial charge is 0.478 e. The number of hydrogen-bond acceptors (Lipinski definition) is 3. The highest BCUT2D eigenvalue weighted by Gasteiger charge is 2.21. The van der Waals surface area contributed by atoms with Gasteiger partial charge < -0.3 is 17.1 Å². The molecule has 1 aliphatic heterocycles. The molecular weight excluding hydrogens is 232 g/mol. The third-order valence-electron chi connectivity index (χ3n) is 2.14. The maximum absolute atomic E-state index is 11.6. The second kappa shape index (κ2) is 6.30. The van der Waals surface area contributed by atoms with Gasteiger partial charge in [-0.2, -0.15) is 4.84 Å². The first-order chi connectivity index (χ1) is 7.36. The minimum atomic E-state index is -0.338. The van der Waals surface area contributed by atoms with Crippen LogP contribution in [0.5, 0.6) is 0 Å². The molecule has 0 atom stereocenters. The van der Waals surface area contributed by atoms with Gasteiger partial charge in [0, 0.05) is 30.0 Å². The number of carbonyl (C=O) groups is 1. The van der Waals surface area contributed by atoms with Crippen LogP contribution in [0.2, 0.25) is 0 Å². The van der Waals surface area contributed by atoms with E-state index in [1.165, 1.54) is 4.73 Å². The lowest BCUT2D eigenvalue weighted by Crippen LogP contribution is -3.00. The third kappa shape index (κ3) is 3.36. The Labute approximate surface area is 99.9 Å². The second-order valence-electron chi connectivity index (χ2n) is 3.19. The number of hydrogen-bond donors (Lipinski definition) is 0. The Bertz CT molecular complexity index is 328. The van der Waals surface area contributed by atoms with E-state index < -0.39 is 0 Å². The Balaban J connectivity index is 0.00000128. The topological polar surface area (TPSA) is 42.7 Å². The van der Waals surface area contributed by atoms with Crippen molar-refractivity contribution < 1.29 is 31.5 Å². The molecule has 2 heterocycles. The molecule has 16 heavy (non-hydrogen) atoms. The molecule has 0 bridgehead atoms. The molecule has 0 radical (unpaired) electrons. The maximum Gasteiger partial charge on any atom is 0.478 e. The Morgan fingerprint density at radius 2 is 1.81 bits per heavy atom. The van der Waals surface area contributed by atoms with Crippen molar-refractivity contribution in [2.24, 2.45) is 0 Å². The van der Waals surface area contributed by atoms with Crippen molar-refractivity contribution >= 4 is 6.09 Å². The van der Waals surface area contributed by atoms with Crippen LogP contribution in [-0.2, 0) is 4.74 Å². The van der Waals surface area contributed by atoms with Crippen LogP contribution in [0.15, 0.2) is 30.6 Å². The van der Waals surface area contributed by atoms with Gasteiger partial charge >= 0.3 is 6.09 Å². The molecule has 6 heteroatoms. The summed E-state index contributed by atoms with van der Waals surface area (Å²) in [5.74, 6) is 0. The number of halogens is 1. The van der Waals surface area contributed by atoms with Crippen molar-refractivity contribution in [3.8, 4) is 0 Å². The third-order valence-corrected chi connectivity index (χ3v) is 2.14. The molecule has 0 aliphatic carbocycles. The molecule has 1 fully saturated rings. The van der Waals surface area contributed by atoms with Crippen LogP contribution in [-0.4, -0.2) is 37.3 Å². The summed E-state index contributed by atoms with van der Waals surface area (Å²) >= 11 is 0. The van der Waals surface area contributed by atoms with E-state index in [1.807, 2.05) is 6.07 Å². The number of pyridine rings is 1. The lowest BCUT2D eigenvalue weighted by molar-refractivity contribution is -0.869. The SMILES string of the molecule is O=C(O[n+]1ccccc1)N1CCOCC1.[Cl-]. The largest absolute Gasteiger partial charge is 1.00 e. The van der Waals surface area contributed by atoms with Gasteiger partial charge in [-0.1, -0.05) is 6.07 Å². The van der Waals surface area contributed by atoms with Crippen molar-refractivity contribution in [1.82, 2.24) is 4.90 Å². The van der Waals surface area contributed by atoms with Gasteiger partial charge in [0.05, 0.1) is 13.2 Å². The van der Waals surface area contributed by atoms with Crippen molar-refractivity contribution in [2.75, 3.05) is 26.3 Å². The summed E-state index contributed by atoms with van der Waals surface area (Å²) in [6, 6.07) is 5.46. The molecule has 88 valence electrons. The van der Waals surface area contributed by atoms with E-state index in [0.29, 0.717) is 26.3 Å². The van der Waals surface area contributed by atoms with E-state index in [-0.39, 0.29) is 18.5 Å². The van der Waals surface area contributed by atoms with E-state index in [0.717, 1.165) is 0 Å². The zero-order chi connectivity index (χ0) is 10.5. The van der Waals surface area contributed by atoms with Crippen molar-refractivity contribution in [2.45, 2.75) is 0 Å². The van der Waals surface area contributed by atoms with Crippen molar-refractivity contribution in [1.29, 1.82) is 0 Å². The Hall–Kier alpha value is -1.33. The fraction of sp³-hybridized carbons (Fsp3) is 0.400. The summed E-state index contributed by atoms with van der Waals surface area (Å²) in [5.41, 5.74) is 0. The van der Waals surface area contributed by atoms with Crippen molar-refractivity contribution in [3.63, 3.8) is 0 Å². The van der Waals surface area contributed by atoms with Gasteiger partial charge in [-0.25, -0.2) is 4.79 Å². The molecule has 1 aliphatic rings. The number of amides is 1. The predicted molar refractivity (Wildman–Crippen MR) is 51.0 cm³/mol. The maximum atomic E-state index is 11.6. The van der Waals surface area contributed by atoms with Gasteiger partial charge in [-0.3, -0.25) is 4.90 Å². The highest BCUT2D eigenvalue weighted by molar-refractivity contribution is 5.67. The molecule has 2 rings (SSSR count). The zero-order valence-electron chi connectivity index (χ0n) is 8.71. The van der Waals surface area contributed by atoms with Gasteiger partial charge in [0.2, 0.25) is 12.4 Å². The first-order valence-corrected chi connectivity index (χ1v) is 4.87. The quantitative estimate of drug-likeness (QED) is 0.491. The van der Waals surface area contributed by atoms with Crippen LogP contribution in [0.4, 0.5) is 4.79 Å². The van der Waals surface area contributed by atoms with Gasteiger partial charge in [-0.15, -0.1) is 0 Å². The first-order valence-electron chi connectivity index (χ1n) is 4.87. The Morgan fingerprint density at radius 1 is 1.19 bits per heavy atom. The molecule has 1 saturated heterocycles. The number of carbonyl (C=O) groups excluding carboxylic acids is 1. The molecular formula is C10H13ClN2O3. The highest BCUT2D eigenvalue weighted by atomic mass is 35.5. The Kier molecular flexibility index (Phi) is 5.01. The molecule has 0 unspecified atom stereocenters. The fourth-order valence-corrected chi connectivity index (χ4v) is 1.34. The molecule has 0 saturated carbocycles. The molecule has 1 aromatic heterocycles. The van der Waals surface area contributed by atoms with E-state index in [4.69, 9.17) is 9.57 Å². The van der Waals surface area contributed by atoms with Crippen LogP contribution in [0, 0.1) is 0 Å². The summed E-state index contributed by atoms with van der Waals surface area (Å²) in [7, 11) is 0. The van der Waals surface area contributed by atoms with E-state index >= 15 is 0 Å². The summed E-state index contributed by atoms with van der Waals surface area (Å²) in [5, 5.41) is 0. The van der Waals surface area contributed by atoms with E-state index in [1.54, 1.807) is 29.4 Å². The minimum absolute atomic E-state index is 0. The predicted octanol–water partition coefficient (Wildman–Crippen LogP) is -3.14. The molecule has 1 aromatic rings. The molecule has 1 amide bonds. The van der Waals surface area contributed by atoms with Crippen molar-refractivity contribution in [3.05, 3.63) is 30.6 Å². The van der Waals surface area contributed by atoms with Gasteiger partial charge in [-0.05, 0) is 0 Å². The normalized spacial score (nSPS) is 15.1. The molecule has 0 spiro atoms. The van der Waals surface area contributed by atoms with E-state index in [2.05, 4.69) is 0 Å². The average Bonchev–Trinajstić information content (AvgIpc) is 2.31. The van der Waals surface area contributed by atoms with E-state index in [9.17, 15) is 4.79 Å². The van der Waals surface area contributed by atoms with Crippen LogP contribution >= 0.6 is 0 Å². The monoisotopic (exact) mass is 244 g/mol. The Morgan fingerprint density at radius 3 is 2.44 bits per heavy atom. The van der Waals surface area contributed by atoms with Gasteiger partial charge in [0.1, 0.15) is 0 Å². The number of nitrogens with zero attached hydrogens (tertiary/aromatic N) is 2. The highest BCUT2D eigenvalue weighted by Crippen LogP contribution is 1.96.